The van der Waals surface area contributed by atoms with Crippen molar-refractivity contribution >= 4 is 0 Å². The second-order valence-corrected chi connectivity index (χ2v) is 3.56. The third-order valence-electron chi connectivity index (χ3n) is 2.42. The fourth-order valence-electron chi connectivity index (χ4n) is 1.50. The van der Waals surface area contributed by atoms with Crippen LogP contribution < -0.4 is 14.8 Å². The van der Waals surface area contributed by atoms with Gasteiger partial charge in [0.2, 0.25) is 0 Å². The average molecular weight is 241 g/mol. The van der Waals surface area contributed by atoms with E-state index in [1.807, 2.05) is 0 Å². The Morgan fingerprint density at radius 3 is 2.53 bits per heavy atom. The lowest BCUT2D eigenvalue weighted by Crippen LogP contribution is -2.24. The number of aliphatic hydroxyl groups excluding tert-OH is 2. The molecule has 17 heavy (non-hydrogen) atoms. The standard InChI is InChI=1S/C12H19NO4/c1-16-11-4-3-9(7-12(11)17-2)10(15)8-13-5-6-14/h3-4,7,10,13-15H,5-6,8H2,1-2H3/t10-/m0/s1. The first-order valence-corrected chi connectivity index (χ1v) is 5.44. The van der Waals surface area contributed by atoms with E-state index in [2.05, 4.69) is 5.32 Å². The first-order chi connectivity index (χ1) is 8.22. The van der Waals surface area contributed by atoms with Crippen LogP contribution in [0.5, 0.6) is 11.5 Å². The summed E-state index contributed by atoms with van der Waals surface area (Å²) in [5, 5.41) is 21.4. The van der Waals surface area contributed by atoms with Crippen LogP contribution in [0.4, 0.5) is 0 Å². The first kappa shape index (κ1) is 13.8. The number of hydrogen-bond donors (Lipinski definition) is 3. The van der Waals surface area contributed by atoms with Crippen LogP contribution >= 0.6 is 0 Å². The van der Waals surface area contributed by atoms with Crippen molar-refractivity contribution in [3.8, 4) is 11.5 Å². The first-order valence-electron chi connectivity index (χ1n) is 5.44. The molecule has 96 valence electrons. The summed E-state index contributed by atoms with van der Waals surface area (Å²) in [6.45, 7) is 0.902. The summed E-state index contributed by atoms with van der Waals surface area (Å²) in [7, 11) is 3.12. The van der Waals surface area contributed by atoms with Gasteiger partial charge >= 0.3 is 0 Å². The molecule has 5 heteroatoms. The predicted molar refractivity (Wildman–Crippen MR) is 64.5 cm³/mol. The van der Waals surface area contributed by atoms with E-state index in [0.29, 0.717) is 24.6 Å². The Morgan fingerprint density at radius 1 is 1.24 bits per heavy atom. The molecule has 1 aromatic rings. The largest absolute Gasteiger partial charge is 0.493 e. The van der Waals surface area contributed by atoms with E-state index < -0.39 is 6.10 Å². The second kappa shape index (κ2) is 7.11. The number of benzene rings is 1. The maximum absolute atomic E-state index is 9.89. The molecule has 3 N–H and O–H groups in total. The summed E-state index contributed by atoms with van der Waals surface area (Å²) < 4.78 is 10.3. The summed E-state index contributed by atoms with van der Waals surface area (Å²) in [5.41, 5.74) is 0.744. The highest BCUT2D eigenvalue weighted by Crippen LogP contribution is 2.29. The van der Waals surface area contributed by atoms with Crippen LogP contribution in [-0.2, 0) is 0 Å². The molecule has 0 amide bonds. The van der Waals surface area contributed by atoms with Gasteiger partial charge in [0.1, 0.15) is 0 Å². The minimum absolute atomic E-state index is 0.0542. The molecule has 1 atom stereocenters. The Kier molecular flexibility index (Phi) is 5.76. The molecule has 0 heterocycles. The molecule has 0 aliphatic carbocycles. The monoisotopic (exact) mass is 241 g/mol. The minimum atomic E-state index is -0.638. The van der Waals surface area contributed by atoms with E-state index in [0.717, 1.165) is 5.56 Å². The van der Waals surface area contributed by atoms with E-state index in [1.54, 1.807) is 32.4 Å². The Morgan fingerprint density at radius 2 is 1.94 bits per heavy atom. The van der Waals surface area contributed by atoms with E-state index in [1.165, 1.54) is 0 Å². The quantitative estimate of drug-likeness (QED) is 0.600. The van der Waals surface area contributed by atoms with E-state index in [9.17, 15) is 5.11 Å². The molecular weight excluding hydrogens is 222 g/mol. The van der Waals surface area contributed by atoms with Crippen LogP contribution in [0.2, 0.25) is 0 Å². The number of rotatable bonds is 7. The molecule has 0 aliphatic rings. The molecule has 0 fully saturated rings. The molecule has 0 saturated carbocycles. The van der Waals surface area contributed by atoms with E-state index in [4.69, 9.17) is 14.6 Å². The molecule has 0 bridgehead atoms. The summed E-state index contributed by atoms with van der Waals surface area (Å²) in [4.78, 5) is 0. The smallest absolute Gasteiger partial charge is 0.161 e. The zero-order valence-electron chi connectivity index (χ0n) is 10.1. The highest BCUT2D eigenvalue weighted by atomic mass is 16.5. The van der Waals surface area contributed by atoms with Gasteiger partial charge < -0.3 is 25.0 Å². The molecule has 0 spiro atoms. The van der Waals surface area contributed by atoms with Gasteiger partial charge in [0.05, 0.1) is 26.9 Å². The van der Waals surface area contributed by atoms with Crippen molar-refractivity contribution < 1.29 is 19.7 Å². The van der Waals surface area contributed by atoms with Gasteiger partial charge in [-0.15, -0.1) is 0 Å². The molecule has 5 nitrogen and oxygen atoms in total. The maximum atomic E-state index is 9.89. The summed E-state index contributed by atoms with van der Waals surface area (Å²) in [6, 6.07) is 5.28. The Hall–Kier alpha value is -1.30. The molecule has 0 unspecified atom stereocenters. The van der Waals surface area contributed by atoms with Crippen LogP contribution in [0.15, 0.2) is 18.2 Å². The lowest BCUT2D eigenvalue weighted by molar-refractivity contribution is 0.170. The van der Waals surface area contributed by atoms with Crippen molar-refractivity contribution in [1.82, 2.24) is 5.32 Å². The average Bonchev–Trinajstić information content (AvgIpc) is 2.38. The molecule has 0 aromatic heterocycles. The number of aliphatic hydroxyl groups is 2. The fourth-order valence-corrected chi connectivity index (χ4v) is 1.50. The van der Waals surface area contributed by atoms with Crippen molar-refractivity contribution in [2.45, 2.75) is 6.10 Å². The minimum Gasteiger partial charge on any atom is -0.493 e. The molecule has 1 aromatic carbocycles. The molecule has 0 radical (unpaired) electrons. The zero-order valence-corrected chi connectivity index (χ0v) is 10.1. The van der Waals surface area contributed by atoms with Crippen LogP contribution in [0.25, 0.3) is 0 Å². The molecule has 1 rings (SSSR count). The van der Waals surface area contributed by atoms with Crippen LogP contribution in [0.1, 0.15) is 11.7 Å². The summed E-state index contributed by atoms with van der Waals surface area (Å²) in [6.07, 6.45) is -0.638. The molecule has 0 aliphatic heterocycles. The Labute approximate surface area is 101 Å². The van der Waals surface area contributed by atoms with Crippen LogP contribution in [0.3, 0.4) is 0 Å². The third-order valence-corrected chi connectivity index (χ3v) is 2.42. The van der Waals surface area contributed by atoms with Gasteiger partial charge in [-0.1, -0.05) is 6.07 Å². The summed E-state index contributed by atoms with van der Waals surface area (Å²) >= 11 is 0. The van der Waals surface area contributed by atoms with Gasteiger partial charge in [-0.3, -0.25) is 0 Å². The number of hydrogen-bond acceptors (Lipinski definition) is 5. The maximum Gasteiger partial charge on any atom is 0.161 e. The lowest BCUT2D eigenvalue weighted by atomic mass is 10.1. The van der Waals surface area contributed by atoms with Crippen LogP contribution in [0, 0.1) is 0 Å². The topological polar surface area (TPSA) is 71.0 Å². The predicted octanol–water partition coefficient (Wildman–Crippen LogP) is 0.319. The van der Waals surface area contributed by atoms with Crippen molar-refractivity contribution in [3.63, 3.8) is 0 Å². The van der Waals surface area contributed by atoms with Crippen molar-refractivity contribution in [1.29, 1.82) is 0 Å². The number of nitrogens with one attached hydrogen (secondary N) is 1. The molecule has 0 saturated heterocycles. The van der Waals surface area contributed by atoms with Crippen molar-refractivity contribution in [2.75, 3.05) is 33.9 Å². The normalized spacial score (nSPS) is 12.2. The van der Waals surface area contributed by atoms with Crippen molar-refractivity contribution in [2.24, 2.45) is 0 Å². The highest BCUT2D eigenvalue weighted by Gasteiger charge is 2.11. The van der Waals surface area contributed by atoms with Gasteiger partial charge in [0, 0.05) is 13.1 Å². The lowest BCUT2D eigenvalue weighted by Gasteiger charge is -2.14. The Balaban J connectivity index is 2.70. The van der Waals surface area contributed by atoms with E-state index in [-0.39, 0.29) is 6.61 Å². The van der Waals surface area contributed by atoms with Crippen LogP contribution in [-0.4, -0.2) is 44.1 Å². The number of methoxy groups -OCH3 is 2. The SMILES string of the molecule is COc1ccc([C@@H](O)CNCCO)cc1OC. The van der Waals surface area contributed by atoms with Gasteiger partial charge in [0.25, 0.3) is 0 Å². The second-order valence-electron chi connectivity index (χ2n) is 3.56. The van der Waals surface area contributed by atoms with Gasteiger partial charge in [-0.05, 0) is 17.7 Å². The summed E-state index contributed by atoms with van der Waals surface area (Å²) in [5.74, 6) is 1.22. The van der Waals surface area contributed by atoms with Crippen molar-refractivity contribution in [3.05, 3.63) is 23.8 Å². The number of ether oxygens (including phenoxy) is 2. The van der Waals surface area contributed by atoms with E-state index >= 15 is 0 Å². The zero-order chi connectivity index (χ0) is 12.7. The van der Waals surface area contributed by atoms with Gasteiger partial charge in [0.15, 0.2) is 11.5 Å². The Bertz CT molecular complexity index is 343. The molecular formula is C12H19NO4. The van der Waals surface area contributed by atoms with Gasteiger partial charge in [-0.2, -0.15) is 0 Å². The van der Waals surface area contributed by atoms with Gasteiger partial charge in [-0.25, -0.2) is 0 Å². The highest BCUT2D eigenvalue weighted by molar-refractivity contribution is 5.43. The third kappa shape index (κ3) is 3.89. The fraction of sp³-hybridized carbons (Fsp3) is 0.500.